The lowest BCUT2D eigenvalue weighted by Crippen LogP contribution is -2.49. The van der Waals surface area contributed by atoms with E-state index in [2.05, 4.69) is 24.1 Å². The van der Waals surface area contributed by atoms with Gasteiger partial charge in [0, 0.05) is 39.1 Å². The quantitative estimate of drug-likeness (QED) is 0.916. The summed E-state index contributed by atoms with van der Waals surface area (Å²) in [6.07, 6.45) is 3.54. The Balaban J connectivity index is 2.01. The van der Waals surface area contributed by atoms with Crippen LogP contribution in [-0.2, 0) is 17.1 Å². The first-order valence-corrected chi connectivity index (χ1v) is 9.65. The first kappa shape index (κ1) is 17.1. The van der Waals surface area contributed by atoms with Gasteiger partial charge in [-0.05, 0) is 23.6 Å². The molecule has 0 bridgehead atoms. The second kappa shape index (κ2) is 6.66. The highest BCUT2D eigenvalue weighted by Gasteiger charge is 2.36. The van der Waals surface area contributed by atoms with Gasteiger partial charge in [-0.2, -0.15) is 4.31 Å². The molecule has 1 aliphatic rings. The molecule has 1 unspecified atom stereocenters. The van der Waals surface area contributed by atoms with Gasteiger partial charge in [-0.15, -0.1) is 0 Å². The Labute approximate surface area is 143 Å². The number of rotatable bonds is 4. The summed E-state index contributed by atoms with van der Waals surface area (Å²) in [5, 5.41) is 3.27. The Morgan fingerprint density at radius 3 is 2.79 bits per heavy atom. The average molecular weight is 348 g/mol. The van der Waals surface area contributed by atoms with Gasteiger partial charge in [-0.25, -0.2) is 13.4 Å². The van der Waals surface area contributed by atoms with Gasteiger partial charge in [0.1, 0.15) is 5.82 Å². The van der Waals surface area contributed by atoms with Gasteiger partial charge in [0.05, 0.1) is 10.9 Å². The van der Waals surface area contributed by atoms with Crippen LogP contribution in [0.1, 0.15) is 37.2 Å². The molecule has 1 saturated heterocycles. The Bertz CT molecular complexity index is 814. The van der Waals surface area contributed by atoms with Crippen molar-refractivity contribution in [2.75, 3.05) is 19.6 Å². The molecule has 6 nitrogen and oxygen atoms in total. The Morgan fingerprint density at radius 1 is 1.33 bits per heavy atom. The Hall–Kier alpha value is -1.70. The Kier molecular flexibility index (Phi) is 4.76. The minimum atomic E-state index is -3.57. The molecule has 7 heteroatoms. The molecule has 2 aromatic rings. The van der Waals surface area contributed by atoms with E-state index in [9.17, 15) is 8.42 Å². The minimum Gasteiger partial charge on any atom is -0.337 e. The molecule has 0 radical (unpaired) electrons. The van der Waals surface area contributed by atoms with Gasteiger partial charge in [-0.1, -0.05) is 26.0 Å². The highest BCUT2D eigenvalue weighted by atomic mass is 32.2. The maximum atomic E-state index is 13.2. The summed E-state index contributed by atoms with van der Waals surface area (Å²) in [7, 11) is -1.68. The van der Waals surface area contributed by atoms with Gasteiger partial charge >= 0.3 is 0 Å². The van der Waals surface area contributed by atoms with Crippen molar-refractivity contribution in [2.45, 2.75) is 30.7 Å². The molecule has 1 aliphatic heterocycles. The van der Waals surface area contributed by atoms with E-state index in [1.807, 2.05) is 29.9 Å². The molecule has 1 fully saturated rings. The zero-order valence-corrected chi connectivity index (χ0v) is 15.1. The topological polar surface area (TPSA) is 67.2 Å². The number of benzene rings is 1. The smallest absolute Gasteiger partial charge is 0.243 e. The highest BCUT2D eigenvalue weighted by Crippen LogP contribution is 2.29. The van der Waals surface area contributed by atoms with E-state index in [0.717, 1.165) is 11.4 Å². The van der Waals surface area contributed by atoms with E-state index < -0.39 is 10.0 Å². The predicted molar refractivity (Wildman–Crippen MR) is 93.2 cm³/mol. The van der Waals surface area contributed by atoms with Crippen molar-refractivity contribution in [1.29, 1.82) is 0 Å². The minimum absolute atomic E-state index is 0.286. The van der Waals surface area contributed by atoms with Crippen molar-refractivity contribution in [2.24, 2.45) is 7.05 Å². The van der Waals surface area contributed by atoms with Crippen LogP contribution in [0.25, 0.3) is 0 Å². The second-order valence-electron chi connectivity index (χ2n) is 6.46. The molecule has 24 heavy (non-hydrogen) atoms. The first-order chi connectivity index (χ1) is 11.4. The molecule has 1 aromatic carbocycles. The summed E-state index contributed by atoms with van der Waals surface area (Å²) in [6, 6.07) is 6.96. The molecule has 0 amide bonds. The van der Waals surface area contributed by atoms with E-state index in [-0.39, 0.29) is 12.0 Å². The fraction of sp³-hybridized carbons (Fsp3) is 0.471. The molecule has 2 heterocycles. The van der Waals surface area contributed by atoms with Crippen molar-refractivity contribution in [1.82, 2.24) is 19.2 Å². The molecule has 3 rings (SSSR count). The fourth-order valence-electron chi connectivity index (χ4n) is 3.06. The van der Waals surface area contributed by atoms with E-state index in [4.69, 9.17) is 0 Å². The number of hydrogen-bond acceptors (Lipinski definition) is 4. The van der Waals surface area contributed by atoms with Crippen LogP contribution in [0.2, 0.25) is 0 Å². The molecule has 1 atom stereocenters. The van der Waals surface area contributed by atoms with Gasteiger partial charge in [0.2, 0.25) is 10.0 Å². The number of nitrogens with zero attached hydrogens (tertiary/aromatic N) is 3. The van der Waals surface area contributed by atoms with Crippen molar-refractivity contribution in [3.63, 3.8) is 0 Å². The third kappa shape index (κ3) is 3.11. The molecule has 0 spiro atoms. The summed E-state index contributed by atoms with van der Waals surface area (Å²) in [6.45, 7) is 5.77. The lowest BCUT2D eigenvalue weighted by Gasteiger charge is -2.34. The number of aromatic nitrogens is 2. The van der Waals surface area contributed by atoms with Crippen LogP contribution < -0.4 is 5.32 Å². The second-order valence-corrected chi connectivity index (χ2v) is 8.35. The largest absolute Gasteiger partial charge is 0.337 e. The fourth-order valence-corrected chi connectivity index (χ4v) is 4.70. The number of imidazole rings is 1. The van der Waals surface area contributed by atoms with Gasteiger partial charge in [-0.3, -0.25) is 0 Å². The SMILES string of the molecule is CC(C)c1cccc(S(=O)(=O)N2CCNCC2c2nccn2C)c1. The summed E-state index contributed by atoms with van der Waals surface area (Å²) in [5.41, 5.74) is 1.03. The Morgan fingerprint density at radius 2 is 2.12 bits per heavy atom. The first-order valence-electron chi connectivity index (χ1n) is 8.21. The van der Waals surface area contributed by atoms with Crippen LogP contribution in [0.4, 0.5) is 0 Å². The third-order valence-electron chi connectivity index (χ3n) is 4.48. The predicted octanol–water partition coefficient (Wildman–Crippen LogP) is 1.88. The monoisotopic (exact) mass is 348 g/mol. The lowest BCUT2D eigenvalue weighted by molar-refractivity contribution is 0.258. The molecule has 0 saturated carbocycles. The van der Waals surface area contributed by atoms with Crippen LogP contribution in [0.15, 0.2) is 41.6 Å². The van der Waals surface area contributed by atoms with E-state index >= 15 is 0 Å². The zero-order valence-electron chi connectivity index (χ0n) is 14.3. The molecule has 1 aromatic heterocycles. The summed E-state index contributed by atoms with van der Waals surface area (Å²) < 4.78 is 29.9. The van der Waals surface area contributed by atoms with E-state index in [1.165, 1.54) is 0 Å². The van der Waals surface area contributed by atoms with E-state index in [1.54, 1.807) is 22.6 Å². The molecule has 1 N–H and O–H groups in total. The number of aryl methyl sites for hydroxylation is 1. The average Bonchev–Trinajstić information content (AvgIpc) is 3.01. The van der Waals surface area contributed by atoms with Gasteiger partial charge in [0.15, 0.2) is 0 Å². The number of sulfonamides is 1. The molecular weight excluding hydrogens is 324 g/mol. The van der Waals surface area contributed by atoms with Crippen molar-refractivity contribution < 1.29 is 8.42 Å². The normalized spacial score (nSPS) is 19.8. The number of nitrogens with one attached hydrogen (secondary N) is 1. The van der Waals surface area contributed by atoms with Crippen molar-refractivity contribution >= 4 is 10.0 Å². The van der Waals surface area contributed by atoms with E-state index in [0.29, 0.717) is 24.5 Å². The zero-order chi connectivity index (χ0) is 17.3. The van der Waals surface area contributed by atoms with Gasteiger partial charge in [0.25, 0.3) is 0 Å². The summed E-state index contributed by atoms with van der Waals surface area (Å²) in [4.78, 5) is 4.72. The van der Waals surface area contributed by atoms with Gasteiger partial charge < -0.3 is 9.88 Å². The van der Waals surface area contributed by atoms with Crippen LogP contribution in [0.3, 0.4) is 0 Å². The third-order valence-corrected chi connectivity index (χ3v) is 6.39. The van der Waals surface area contributed by atoms with Crippen LogP contribution in [0.5, 0.6) is 0 Å². The molecule has 130 valence electrons. The lowest BCUT2D eigenvalue weighted by atomic mass is 10.0. The number of hydrogen-bond donors (Lipinski definition) is 1. The van der Waals surface area contributed by atoms with Crippen LogP contribution >= 0.6 is 0 Å². The molecule has 0 aliphatic carbocycles. The summed E-state index contributed by atoms with van der Waals surface area (Å²) in [5.74, 6) is 1.04. The van der Waals surface area contributed by atoms with Crippen LogP contribution in [-0.4, -0.2) is 41.9 Å². The number of piperazine rings is 1. The molecular formula is C17H24N4O2S. The van der Waals surface area contributed by atoms with Crippen LogP contribution in [0, 0.1) is 0 Å². The highest BCUT2D eigenvalue weighted by molar-refractivity contribution is 7.89. The summed E-state index contributed by atoms with van der Waals surface area (Å²) >= 11 is 0. The maximum absolute atomic E-state index is 13.2. The van der Waals surface area contributed by atoms with Crippen molar-refractivity contribution in [3.05, 3.63) is 48.0 Å². The van der Waals surface area contributed by atoms with Crippen molar-refractivity contribution in [3.8, 4) is 0 Å². The maximum Gasteiger partial charge on any atom is 0.243 e. The standard InChI is InChI=1S/C17H24N4O2S/c1-13(2)14-5-4-6-15(11-14)24(22,23)21-10-7-18-12-16(21)17-19-8-9-20(17)3/h4-6,8-9,11,13,16,18H,7,10,12H2,1-3H3.